The summed E-state index contributed by atoms with van der Waals surface area (Å²) in [5.74, 6) is 2.48. The van der Waals surface area contributed by atoms with Gasteiger partial charge in [0.15, 0.2) is 6.29 Å². The van der Waals surface area contributed by atoms with E-state index in [0.29, 0.717) is 22.9 Å². The van der Waals surface area contributed by atoms with Crippen molar-refractivity contribution < 1.29 is 19.4 Å². The number of carboxylic acid groups (broad SMARTS) is 1. The molecular weight excluding hydrogens is 436 g/mol. The molecule has 5 aliphatic rings. The van der Waals surface area contributed by atoms with Crippen molar-refractivity contribution in [2.45, 2.75) is 123 Å². The van der Waals surface area contributed by atoms with Gasteiger partial charge in [-0.3, -0.25) is 4.79 Å². The maximum atomic E-state index is 10.9. The third kappa shape index (κ3) is 4.91. The molecule has 0 aromatic carbocycles. The van der Waals surface area contributed by atoms with E-state index in [2.05, 4.69) is 32.9 Å². The molecule has 4 nitrogen and oxygen atoms in total. The van der Waals surface area contributed by atoms with Crippen LogP contribution in [0.3, 0.4) is 0 Å². The van der Waals surface area contributed by atoms with Gasteiger partial charge in [0.25, 0.3) is 0 Å². The first-order chi connectivity index (χ1) is 16.8. The third-order valence-electron chi connectivity index (χ3n) is 11.2. The van der Waals surface area contributed by atoms with Crippen LogP contribution in [0.5, 0.6) is 0 Å². The number of carbonyl (C=O) groups is 1. The third-order valence-corrected chi connectivity index (χ3v) is 11.2. The Morgan fingerprint density at radius 2 is 2.00 bits per heavy atom. The van der Waals surface area contributed by atoms with Gasteiger partial charge in [-0.2, -0.15) is 0 Å². The van der Waals surface area contributed by atoms with Gasteiger partial charge in [0, 0.05) is 13.0 Å². The van der Waals surface area contributed by atoms with Crippen LogP contribution in [0.25, 0.3) is 0 Å². The van der Waals surface area contributed by atoms with Gasteiger partial charge in [0.2, 0.25) is 0 Å². The number of hydrogen-bond donors (Lipinski definition) is 1. The van der Waals surface area contributed by atoms with E-state index in [4.69, 9.17) is 14.6 Å². The highest BCUT2D eigenvalue weighted by molar-refractivity contribution is 5.66. The van der Waals surface area contributed by atoms with Gasteiger partial charge in [-0.1, -0.05) is 37.1 Å². The van der Waals surface area contributed by atoms with Crippen molar-refractivity contribution >= 4 is 5.97 Å². The van der Waals surface area contributed by atoms with E-state index in [1.165, 1.54) is 63.4 Å². The van der Waals surface area contributed by atoms with Crippen LogP contribution in [-0.4, -0.2) is 30.1 Å². The molecule has 0 radical (unpaired) electrons. The minimum absolute atomic E-state index is 0.0290. The van der Waals surface area contributed by atoms with Crippen LogP contribution in [0.15, 0.2) is 23.3 Å². The Bertz CT molecular complexity index is 839. The molecule has 0 spiro atoms. The number of fused-ring (bicyclic) bond motifs is 5. The first kappa shape index (κ1) is 25.5. The van der Waals surface area contributed by atoms with Crippen LogP contribution in [0.2, 0.25) is 0 Å². The molecule has 1 N–H and O–H groups in total. The summed E-state index contributed by atoms with van der Waals surface area (Å²) in [4.78, 5) is 10.9. The predicted molar refractivity (Wildman–Crippen MR) is 139 cm³/mol. The van der Waals surface area contributed by atoms with Gasteiger partial charge in [-0.05, 0) is 125 Å². The first-order valence-corrected chi connectivity index (χ1v) is 14.7. The lowest BCUT2D eigenvalue weighted by molar-refractivity contribution is -0.195. The van der Waals surface area contributed by atoms with Crippen molar-refractivity contribution in [2.75, 3.05) is 6.61 Å². The summed E-state index contributed by atoms with van der Waals surface area (Å²) in [5, 5.41) is 8.95. The zero-order chi connectivity index (χ0) is 24.6. The Hall–Kier alpha value is -1.13. The first-order valence-electron chi connectivity index (χ1n) is 14.7. The highest BCUT2D eigenvalue weighted by Crippen LogP contribution is 2.67. The summed E-state index contributed by atoms with van der Waals surface area (Å²) in [6.45, 7) is 8.37. The van der Waals surface area contributed by atoms with E-state index < -0.39 is 5.97 Å². The summed E-state index contributed by atoms with van der Waals surface area (Å²) >= 11 is 0. The number of carboxylic acids is 1. The van der Waals surface area contributed by atoms with Gasteiger partial charge in [0.1, 0.15) is 0 Å². The topological polar surface area (TPSA) is 55.8 Å². The SMILES string of the molecule is C/C(=C\CCCC(=O)O)[C@H]1CCC2C3CC=C4C[C@@H](OC5CCCCO5)CC[C@]4(C)C3CC[C@@]21C. The lowest BCUT2D eigenvalue weighted by atomic mass is 9.47. The van der Waals surface area contributed by atoms with Gasteiger partial charge >= 0.3 is 5.97 Å². The maximum Gasteiger partial charge on any atom is 0.303 e. The highest BCUT2D eigenvalue weighted by Gasteiger charge is 2.58. The van der Waals surface area contributed by atoms with Crippen LogP contribution in [0, 0.1) is 34.5 Å². The van der Waals surface area contributed by atoms with E-state index in [9.17, 15) is 4.79 Å². The molecule has 4 heteroatoms. The summed E-state index contributed by atoms with van der Waals surface area (Å²) in [6.07, 6.45) is 21.0. The molecule has 0 bridgehead atoms. The van der Waals surface area contributed by atoms with Crippen molar-refractivity contribution in [2.24, 2.45) is 34.5 Å². The fourth-order valence-electron chi connectivity index (χ4n) is 9.25. The number of allylic oxidation sites excluding steroid dienone is 3. The quantitative estimate of drug-likeness (QED) is 0.297. The molecule has 196 valence electrons. The van der Waals surface area contributed by atoms with E-state index >= 15 is 0 Å². The zero-order valence-electron chi connectivity index (χ0n) is 22.4. The predicted octanol–water partition coefficient (Wildman–Crippen LogP) is 7.68. The maximum absolute atomic E-state index is 10.9. The van der Waals surface area contributed by atoms with E-state index in [0.717, 1.165) is 50.0 Å². The molecule has 1 heterocycles. The molecule has 35 heavy (non-hydrogen) atoms. The monoisotopic (exact) mass is 484 g/mol. The molecule has 1 saturated heterocycles. The van der Waals surface area contributed by atoms with Crippen LogP contribution in [0.4, 0.5) is 0 Å². The Morgan fingerprint density at radius 3 is 2.77 bits per heavy atom. The van der Waals surface area contributed by atoms with Crippen molar-refractivity contribution in [1.82, 2.24) is 0 Å². The Labute approximate surface area is 212 Å². The summed E-state index contributed by atoms with van der Waals surface area (Å²) in [5.41, 5.74) is 3.99. The molecule has 0 amide bonds. The molecule has 4 unspecified atom stereocenters. The molecule has 1 aliphatic heterocycles. The second-order valence-electron chi connectivity index (χ2n) is 13.0. The Morgan fingerprint density at radius 1 is 1.14 bits per heavy atom. The van der Waals surface area contributed by atoms with Crippen molar-refractivity contribution in [3.05, 3.63) is 23.3 Å². The van der Waals surface area contributed by atoms with Crippen LogP contribution in [-0.2, 0) is 14.3 Å². The Balaban J connectivity index is 1.25. The number of aliphatic carboxylic acids is 1. The van der Waals surface area contributed by atoms with Crippen LogP contribution >= 0.6 is 0 Å². The summed E-state index contributed by atoms with van der Waals surface area (Å²) < 4.78 is 12.3. The average molecular weight is 485 g/mol. The number of ether oxygens (including phenoxy) is 2. The molecule has 0 aromatic heterocycles. The minimum Gasteiger partial charge on any atom is -0.481 e. The molecular formula is C31H48O4. The fraction of sp³-hybridized carbons (Fsp3) is 0.839. The average Bonchev–Trinajstić information content (AvgIpc) is 3.20. The minimum atomic E-state index is -0.677. The smallest absolute Gasteiger partial charge is 0.303 e. The van der Waals surface area contributed by atoms with Crippen molar-refractivity contribution in [3.8, 4) is 0 Å². The number of rotatable bonds is 7. The van der Waals surface area contributed by atoms with Crippen LogP contribution < -0.4 is 0 Å². The molecule has 5 rings (SSSR count). The Kier molecular flexibility index (Phi) is 7.53. The zero-order valence-corrected chi connectivity index (χ0v) is 22.4. The van der Waals surface area contributed by atoms with Gasteiger partial charge < -0.3 is 14.6 Å². The summed E-state index contributed by atoms with van der Waals surface area (Å²) in [6, 6.07) is 0. The standard InChI is InChI=1S/C31H48O4/c1-21(8-4-5-9-28(32)33)25-13-14-26-24-12-11-22-20-23(35-29-10-6-7-19-34-29)15-17-30(22,2)27(24)16-18-31(25,26)3/h8,11,23-27,29H,4-7,9-10,12-20H2,1-3H3,(H,32,33)/b21-8+/t23-,24?,25+,26?,27?,29?,30-,31+/m0/s1. The van der Waals surface area contributed by atoms with E-state index in [1.54, 1.807) is 5.57 Å². The lowest BCUT2D eigenvalue weighted by Gasteiger charge is -2.58. The molecule has 4 fully saturated rings. The lowest BCUT2D eigenvalue weighted by Crippen LogP contribution is -2.50. The largest absolute Gasteiger partial charge is 0.481 e. The highest BCUT2D eigenvalue weighted by atomic mass is 16.7. The van der Waals surface area contributed by atoms with Gasteiger partial charge in [-0.15, -0.1) is 0 Å². The second-order valence-corrected chi connectivity index (χ2v) is 13.0. The molecule has 3 saturated carbocycles. The summed E-state index contributed by atoms with van der Waals surface area (Å²) in [7, 11) is 0. The normalized spacial score (nSPS) is 43.6. The molecule has 8 atom stereocenters. The van der Waals surface area contributed by atoms with Gasteiger partial charge in [0.05, 0.1) is 6.10 Å². The van der Waals surface area contributed by atoms with Crippen LogP contribution in [0.1, 0.15) is 111 Å². The van der Waals surface area contributed by atoms with E-state index in [1.807, 2.05) is 0 Å². The molecule has 4 aliphatic carbocycles. The van der Waals surface area contributed by atoms with Crippen molar-refractivity contribution in [3.63, 3.8) is 0 Å². The number of hydrogen-bond acceptors (Lipinski definition) is 3. The van der Waals surface area contributed by atoms with Crippen molar-refractivity contribution in [1.29, 1.82) is 0 Å². The van der Waals surface area contributed by atoms with E-state index in [-0.39, 0.29) is 12.7 Å². The van der Waals surface area contributed by atoms with Gasteiger partial charge in [-0.25, -0.2) is 0 Å². The number of unbranched alkanes of at least 4 members (excludes halogenated alkanes) is 1. The second kappa shape index (κ2) is 10.3. The molecule has 0 aromatic rings. The fourth-order valence-corrected chi connectivity index (χ4v) is 9.25.